The predicted molar refractivity (Wildman–Crippen MR) is 151 cm³/mol. The van der Waals surface area contributed by atoms with E-state index < -0.39 is 34.2 Å². The molecule has 3 rings (SSSR count). The number of hydrogen-bond acceptors (Lipinski definition) is 6. The number of aliphatic hydroxyl groups excluding tert-OH is 1. The van der Waals surface area contributed by atoms with Crippen molar-refractivity contribution in [2.75, 3.05) is 19.8 Å². The lowest BCUT2D eigenvalue weighted by Crippen LogP contribution is -2.62. The van der Waals surface area contributed by atoms with Crippen LogP contribution in [0.1, 0.15) is 68.2 Å². The number of amides is 2. The molecule has 1 spiro atoms. The number of likely N-dealkylation sites (tertiary alicyclic amines) is 1. The van der Waals surface area contributed by atoms with E-state index in [1.54, 1.807) is 29.7 Å². The molecule has 0 radical (unpaired) electrons. The average Bonchev–Trinajstić information content (AvgIpc) is 3.34. The maximum atomic E-state index is 14.8. The molecule has 1 N–H and O–H groups in total. The third kappa shape index (κ3) is 5.25. The molecule has 3 saturated heterocycles. The molecule has 3 aliphatic rings. The molecule has 0 aromatic rings. The Morgan fingerprint density at radius 1 is 1.32 bits per heavy atom. The van der Waals surface area contributed by atoms with Gasteiger partial charge in [0, 0.05) is 22.2 Å². The summed E-state index contributed by atoms with van der Waals surface area (Å²) in [6.07, 6.45) is 3.09. The van der Waals surface area contributed by atoms with Crippen LogP contribution in [-0.4, -0.2) is 84.9 Å². The second-order valence-corrected chi connectivity index (χ2v) is 15.7. The summed E-state index contributed by atoms with van der Waals surface area (Å²) in [5, 5.41) is 10.3. The lowest BCUT2D eigenvalue weighted by molar-refractivity contribution is -0.154. The number of nitrogens with zero attached hydrogens (tertiary/aromatic N) is 2. The number of carbonyl (C=O) groups excluding carboxylic acids is 3. The quantitative estimate of drug-likeness (QED) is 0.229. The number of halogens is 1. The van der Waals surface area contributed by atoms with Gasteiger partial charge in [0.25, 0.3) is 0 Å². The van der Waals surface area contributed by atoms with E-state index in [-0.39, 0.29) is 52.4 Å². The molecule has 3 unspecified atom stereocenters. The van der Waals surface area contributed by atoms with Gasteiger partial charge >= 0.3 is 5.97 Å². The lowest BCUT2D eigenvalue weighted by atomic mass is 9.70. The van der Waals surface area contributed by atoms with Crippen LogP contribution in [0.2, 0.25) is 0 Å². The molecule has 0 aliphatic carbocycles. The fraction of sp³-hybridized carbons (Fsp3) is 0.821. The fourth-order valence-corrected chi connectivity index (χ4v) is 10.7. The number of fused-ring (bicyclic) bond motifs is 1. The number of carbonyl (C=O) groups is 3. The summed E-state index contributed by atoms with van der Waals surface area (Å²) in [6.45, 7) is 20.5. The highest BCUT2D eigenvalue weighted by Crippen LogP contribution is 2.68. The Bertz CT molecular complexity index is 919. The minimum Gasteiger partial charge on any atom is -0.466 e. The highest BCUT2D eigenvalue weighted by molar-refractivity contribution is 9.09. The minimum absolute atomic E-state index is 0.0201. The van der Waals surface area contributed by atoms with Crippen LogP contribution in [0.25, 0.3) is 0 Å². The Kier molecular flexibility index (Phi) is 8.93. The van der Waals surface area contributed by atoms with Crippen LogP contribution < -0.4 is 0 Å². The Morgan fingerprint density at radius 2 is 1.95 bits per heavy atom. The normalized spacial score (nSPS) is 32.0. The van der Waals surface area contributed by atoms with Crippen molar-refractivity contribution in [2.45, 2.75) is 101 Å². The highest BCUT2D eigenvalue weighted by atomic mass is 79.9. The predicted octanol–water partition coefficient (Wildman–Crippen LogP) is 4.26. The van der Waals surface area contributed by atoms with E-state index in [9.17, 15) is 19.5 Å². The number of esters is 1. The molecule has 2 amide bonds. The summed E-state index contributed by atoms with van der Waals surface area (Å²) in [4.78, 5) is 45.7. The van der Waals surface area contributed by atoms with E-state index in [4.69, 9.17) is 4.74 Å². The first-order valence-electron chi connectivity index (χ1n) is 13.4. The zero-order chi connectivity index (χ0) is 28.1. The number of hydrogen-bond donors (Lipinski definition) is 1. The van der Waals surface area contributed by atoms with Gasteiger partial charge in [0.2, 0.25) is 11.8 Å². The maximum Gasteiger partial charge on any atom is 0.310 e. The van der Waals surface area contributed by atoms with Crippen molar-refractivity contribution in [1.82, 2.24) is 9.80 Å². The van der Waals surface area contributed by atoms with Crippen molar-refractivity contribution in [3.63, 3.8) is 0 Å². The summed E-state index contributed by atoms with van der Waals surface area (Å²) in [5.41, 5.74) is -0.535. The molecule has 3 aliphatic heterocycles. The monoisotopic (exact) mass is 600 g/mol. The van der Waals surface area contributed by atoms with Gasteiger partial charge in [0.05, 0.1) is 35.8 Å². The zero-order valence-corrected chi connectivity index (χ0v) is 26.0. The fourth-order valence-electron chi connectivity index (χ4n) is 7.14. The molecule has 0 saturated carbocycles. The van der Waals surface area contributed by atoms with Crippen LogP contribution in [0, 0.1) is 23.2 Å². The summed E-state index contributed by atoms with van der Waals surface area (Å²) < 4.78 is 4.66. The first-order chi connectivity index (χ1) is 17.1. The SMILES string of the molecule is C=CCN(C(=O)C1N([C@@H](CO)C(C)C)C(=O)[C@@H]2[C@H](C(=O)OCC)[C@H]3SC12CC3Br)C(C)(C)CC(C)(C)C. The number of aliphatic hydroxyl groups is 1. The number of rotatable bonds is 10. The molecule has 210 valence electrons. The smallest absolute Gasteiger partial charge is 0.310 e. The van der Waals surface area contributed by atoms with Crippen LogP contribution in [0.5, 0.6) is 0 Å². The third-order valence-electron chi connectivity index (χ3n) is 8.10. The molecule has 0 aromatic carbocycles. The highest BCUT2D eigenvalue weighted by Gasteiger charge is 2.77. The Morgan fingerprint density at radius 3 is 2.43 bits per heavy atom. The second kappa shape index (κ2) is 10.8. The van der Waals surface area contributed by atoms with Gasteiger partial charge in [-0.25, -0.2) is 0 Å². The minimum atomic E-state index is -0.793. The third-order valence-corrected chi connectivity index (χ3v) is 11.3. The summed E-state index contributed by atoms with van der Waals surface area (Å²) in [5.74, 6) is -2.09. The van der Waals surface area contributed by atoms with E-state index in [1.807, 2.05) is 18.7 Å². The van der Waals surface area contributed by atoms with Gasteiger partial charge in [0.1, 0.15) is 6.04 Å². The van der Waals surface area contributed by atoms with E-state index >= 15 is 0 Å². The molecule has 37 heavy (non-hydrogen) atoms. The van der Waals surface area contributed by atoms with E-state index in [0.29, 0.717) is 13.0 Å². The van der Waals surface area contributed by atoms with Crippen LogP contribution in [0.3, 0.4) is 0 Å². The van der Waals surface area contributed by atoms with Crippen molar-refractivity contribution in [3.8, 4) is 0 Å². The topological polar surface area (TPSA) is 87.2 Å². The maximum absolute atomic E-state index is 14.8. The Hall–Kier alpha value is -1.06. The summed E-state index contributed by atoms with van der Waals surface area (Å²) in [7, 11) is 0. The van der Waals surface area contributed by atoms with Crippen molar-refractivity contribution in [3.05, 3.63) is 12.7 Å². The van der Waals surface area contributed by atoms with Crippen LogP contribution >= 0.6 is 27.7 Å². The van der Waals surface area contributed by atoms with Crippen molar-refractivity contribution in [1.29, 1.82) is 0 Å². The van der Waals surface area contributed by atoms with Gasteiger partial charge in [0.15, 0.2) is 0 Å². The average molecular weight is 602 g/mol. The number of ether oxygens (including phenoxy) is 1. The first kappa shape index (κ1) is 30.5. The Labute approximate surface area is 235 Å². The molecule has 3 fully saturated rings. The molecule has 3 heterocycles. The van der Waals surface area contributed by atoms with Gasteiger partial charge in [-0.05, 0) is 44.9 Å². The molecule has 9 heteroatoms. The van der Waals surface area contributed by atoms with Crippen LogP contribution in [-0.2, 0) is 19.1 Å². The Balaban J connectivity index is 2.18. The summed E-state index contributed by atoms with van der Waals surface area (Å²) in [6, 6.07) is -1.33. The molecule has 7 nitrogen and oxygen atoms in total. The van der Waals surface area contributed by atoms with Crippen molar-refractivity contribution >= 4 is 45.5 Å². The van der Waals surface area contributed by atoms with Gasteiger partial charge in [-0.1, -0.05) is 56.6 Å². The van der Waals surface area contributed by atoms with Gasteiger partial charge in [-0.15, -0.1) is 18.3 Å². The molecule has 7 atom stereocenters. The second-order valence-electron chi connectivity index (χ2n) is 12.9. The largest absolute Gasteiger partial charge is 0.466 e. The molecular weight excluding hydrogens is 556 g/mol. The van der Waals surface area contributed by atoms with Gasteiger partial charge in [-0.2, -0.15) is 0 Å². The van der Waals surface area contributed by atoms with E-state index in [1.165, 1.54) is 0 Å². The summed E-state index contributed by atoms with van der Waals surface area (Å²) >= 11 is 5.38. The van der Waals surface area contributed by atoms with Crippen molar-refractivity contribution < 1.29 is 24.2 Å². The number of alkyl halides is 1. The molecular formula is C28H45BrN2O5S. The van der Waals surface area contributed by atoms with Gasteiger partial charge < -0.3 is 19.6 Å². The van der Waals surface area contributed by atoms with Crippen molar-refractivity contribution in [2.24, 2.45) is 23.2 Å². The first-order valence-corrected chi connectivity index (χ1v) is 15.2. The van der Waals surface area contributed by atoms with E-state index in [2.05, 4.69) is 57.1 Å². The van der Waals surface area contributed by atoms with Crippen LogP contribution in [0.15, 0.2) is 12.7 Å². The standard InChI is InChI=1S/C28H45BrN2O5S/c1-10-12-30(27(8,9)15-26(5,6)7)24(34)22-28-13-17(29)21(37-28)19(25(35)36-11-2)20(28)23(33)31(22)18(14-32)16(3)4/h10,16-22,32H,1,11-15H2,2-9H3/t17?,18-,19-,20-,21-,22?,28?/m0/s1. The lowest BCUT2D eigenvalue weighted by Gasteiger charge is -2.47. The molecule has 0 aromatic heterocycles. The van der Waals surface area contributed by atoms with Gasteiger partial charge in [-0.3, -0.25) is 14.4 Å². The van der Waals surface area contributed by atoms with E-state index in [0.717, 1.165) is 6.42 Å². The molecule has 2 bridgehead atoms. The zero-order valence-electron chi connectivity index (χ0n) is 23.6. The number of thioether (sulfide) groups is 1. The van der Waals surface area contributed by atoms with Crippen LogP contribution in [0.4, 0.5) is 0 Å².